The normalized spacial score (nSPS) is 10.8. The average Bonchev–Trinajstić information content (AvgIpc) is 2.94. The monoisotopic (exact) mass is 228 g/mol. The van der Waals surface area contributed by atoms with Gasteiger partial charge in [0.2, 0.25) is 0 Å². The molecule has 78 valence electrons. The van der Waals surface area contributed by atoms with Crippen LogP contribution in [0.25, 0.3) is 16.9 Å². The lowest BCUT2D eigenvalue weighted by Gasteiger charge is -1.99. The fourth-order valence-electron chi connectivity index (χ4n) is 1.83. The fourth-order valence-corrected chi connectivity index (χ4v) is 2.37. The Kier molecular flexibility index (Phi) is 2.08. The molecule has 3 nitrogen and oxygen atoms in total. The Morgan fingerprint density at radius 3 is 3.06 bits per heavy atom. The van der Waals surface area contributed by atoms with Crippen LogP contribution < -0.4 is 0 Å². The van der Waals surface area contributed by atoms with Gasteiger partial charge in [-0.15, -0.1) is 11.3 Å². The molecule has 0 atom stereocenters. The standard InChI is InChI=1S/C12H8N2OS/c15-6-9-5-10-3-1-2-4-14(10)12(9)11-7-16-8-13-11/h1-8H. The van der Waals surface area contributed by atoms with Crippen LogP contribution in [0.5, 0.6) is 0 Å². The van der Waals surface area contributed by atoms with Gasteiger partial charge in [0.05, 0.1) is 16.9 Å². The summed E-state index contributed by atoms with van der Waals surface area (Å²) in [6.07, 6.45) is 2.82. The number of thiazole rings is 1. The number of aromatic nitrogens is 2. The van der Waals surface area contributed by atoms with Crippen LogP contribution >= 0.6 is 11.3 Å². The molecule has 3 aromatic heterocycles. The van der Waals surface area contributed by atoms with Crippen molar-refractivity contribution >= 4 is 23.1 Å². The molecule has 0 fully saturated rings. The minimum absolute atomic E-state index is 0.678. The third-order valence-electron chi connectivity index (χ3n) is 2.51. The first-order valence-electron chi connectivity index (χ1n) is 4.84. The zero-order valence-corrected chi connectivity index (χ0v) is 9.15. The van der Waals surface area contributed by atoms with Gasteiger partial charge in [0.25, 0.3) is 0 Å². The summed E-state index contributed by atoms with van der Waals surface area (Å²) in [4.78, 5) is 15.3. The molecular weight excluding hydrogens is 220 g/mol. The van der Waals surface area contributed by atoms with E-state index in [1.165, 1.54) is 11.3 Å². The van der Waals surface area contributed by atoms with Crippen LogP contribution in [0.1, 0.15) is 10.4 Å². The number of rotatable bonds is 2. The topological polar surface area (TPSA) is 34.4 Å². The highest BCUT2D eigenvalue weighted by molar-refractivity contribution is 7.07. The second-order valence-electron chi connectivity index (χ2n) is 3.44. The molecule has 0 aliphatic rings. The van der Waals surface area contributed by atoms with Crippen LogP contribution in [-0.2, 0) is 0 Å². The van der Waals surface area contributed by atoms with Crippen LogP contribution in [0.4, 0.5) is 0 Å². The molecule has 4 heteroatoms. The third-order valence-corrected chi connectivity index (χ3v) is 3.10. The number of fused-ring (bicyclic) bond motifs is 1. The maximum absolute atomic E-state index is 11.1. The van der Waals surface area contributed by atoms with E-state index >= 15 is 0 Å². The Bertz CT molecular complexity index is 640. The average molecular weight is 228 g/mol. The molecule has 0 aromatic carbocycles. The molecular formula is C12H8N2OS. The van der Waals surface area contributed by atoms with Gasteiger partial charge in [0.1, 0.15) is 0 Å². The van der Waals surface area contributed by atoms with Crippen molar-refractivity contribution in [2.24, 2.45) is 0 Å². The molecule has 0 amide bonds. The Labute approximate surface area is 96.0 Å². The lowest BCUT2D eigenvalue weighted by Crippen LogP contribution is -1.89. The summed E-state index contributed by atoms with van der Waals surface area (Å²) in [7, 11) is 0. The number of pyridine rings is 1. The SMILES string of the molecule is O=Cc1cc2ccccn2c1-c1cscn1. The van der Waals surface area contributed by atoms with Crippen LogP contribution in [0.3, 0.4) is 0 Å². The van der Waals surface area contributed by atoms with E-state index in [1.807, 2.05) is 40.2 Å². The quantitative estimate of drug-likeness (QED) is 0.632. The Morgan fingerprint density at radius 1 is 1.38 bits per heavy atom. The summed E-state index contributed by atoms with van der Waals surface area (Å²) in [6, 6.07) is 7.75. The van der Waals surface area contributed by atoms with Crippen LogP contribution in [0.15, 0.2) is 41.4 Å². The number of nitrogens with zero attached hydrogens (tertiary/aromatic N) is 2. The lowest BCUT2D eigenvalue weighted by atomic mass is 10.2. The highest BCUT2D eigenvalue weighted by Gasteiger charge is 2.12. The van der Waals surface area contributed by atoms with Gasteiger partial charge >= 0.3 is 0 Å². The maximum Gasteiger partial charge on any atom is 0.152 e. The van der Waals surface area contributed by atoms with E-state index in [9.17, 15) is 4.79 Å². The van der Waals surface area contributed by atoms with Crippen molar-refractivity contribution in [1.29, 1.82) is 0 Å². The van der Waals surface area contributed by atoms with Crippen LogP contribution in [0.2, 0.25) is 0 Å². The number of carbonyl (C=O) groups is 1. The second kappa shape index (κ2) is 3.57. The van der Waals surface area contributed by atoms with Gasteiger partial charge < -0.3 is 4.40 Å². The molecule has 0 bridgehead atoms. The molecule has 3 heterocycles. The Balaban J connectivity index is 2.40. The van der Waals surface area contributed by atoms with E-state index in [0.717, 1.165) is 23.2 Å². The Hall–Kier alpha value is -1.94. The lowest BCUT2D eigenvalue weighted by molar-refractivity contribution is 0.112. The molecule has 0 aliphatic heterocycles. The van der Waals surface area contributed by atoms with Crippen molar-refractivity contribution in [2.75, 3.05) is 0 Å². The Morgan fingerprint density at radius 2 is 2.31 bits per heavy atom. The predicted octanol–water partition coefficient (Wildman–Crippen LogP) is 2.88. The number of hydrogen-bond acceptors (Lipinski definition) is 3. The molecule has 0 aliphatic carbocycles. The van der Waals surface area contributed by atoms with Gasteiger partial charge in [-0.1, -0.05) is 6.07 Å². The van der Waals surface area contributed by atoms with Crippen molar-refractivity contribution in [3.05, 3.63) is 46.9 Å². The summed E-state index contributed by atoms with van der Waals surface area (Å²) in [5.41, 5.74) is 5.17. The van der Waals surface area contributed by atoms with E-state index in [1.54, 1.807) is 5.51 Å². The highest BCUT2D eigenvalue weighted by atomic mass is 32.1. The zero-order valence-electron chi connectivity index (χ0n) is 8.33. The van der Waals surface area contributed by atoms with Crippen molar-refractivity contribution in [1.82, 2.24) is 9.38 Å². The summed E-state index contributed by atoms with van der Waals surface area (Å²) in [5.74, 6) is 0. The van der Waals surface area contributed by atoms with Crippen LogP contribution in [0, 0.1) is 0 Å². The van der Waals surface area contributed by atoms with Crippen molar-refractivity contribution in [2.45, 2.75) is 0 Å². The first-order valence-corrected chi connectivity index (χ1v) is 5.78. The van der Waals surface area contributed by atoms with E-state index in [0.29, 0.717) is 5.56 Å². The maximum atomic E-state index is 11.1. The van der Waals surface area contributed by atoms with Crippen LogP contribution in [-0.4, -0.2) is 15.7 Å². The number of carbonyl (C=O) groups excluding carboxylic acids is 1. The first-order chi connectivity index (χ1) is 7.90. The highest BCUT2D eigenvalue weighted by Crippen LogP contribution is 2.26. The zero-order chi connectivity index (χ0) is 11.0. The summed E-state index contributed by atoms with van der Waals surface area (Å²) in [5, 5.41) is 1.95. The van der Waals surface area contributed by atoms with Gasteiger partial charge in [-0.05, 0) is 18.2 Å². The summed E-state index contributed by atoms with van der Waals surface area (Å²) < 4.78 is 1.98. The van der Waals surface area contributed by atoms with E-state index in [-0.39, 0.29) is 0 Å². The number of aldehydes is 1. The van der Waals surface area contributed by atoms with Gasteiger partial charge in [0, 0.05) is 22.7 Å². The molecule has 0 radical (unpaired) electrons. The summed E-state index contributed by atoms with van der Waals surface area (Å²) >= 11 is 1.53. The molecule has 3 rings (SSSR count). The smallest absolute Gasteiger partial charge is 0.152 e. The van der Waals surface area contributed by atoms with E-state index in [4.69, 9.17) is 0 Å². The van der Waals surface area contributed by atoms with E-state index in [2.05, 4.69) is 4.98 Å². The molecule has 0 unspecified atom stereocenters. The minimum Gasteiger partial charge on any atom is -0.314 e. The predicted molar refractivity (Wildman–Crippen MR) is 63.9 cm³/mol. The first kappa shape index (κ1) is 9.30. The van der Waals surface area contributed by atoms with Crippen molar-refractivity contribution in [3.8, 4) is 11.4 Å². The summed E-state index contributed by atoms with van der Waals surface area (Å²) in [6.45, 7) is 0. The molecule has 3 aromatic rings. The minimum atomic E-state index is 0.678. The molecule has 16 heavy (non-hydrogen) atoms. The largest absolute Gasteiger partial charge is 0.314 e. The van der Waals surface area contributed by atoms with Gasteiger partial charge in [0.15, 0.2) is 6.29 Å². The van der Waals surface area contributed by atoms with Gasteiger partial charge in [-0.2, -0.15) is 0 Å². The van der Waals surface area contributed by atoms with Crippen molar-refractivity contribution in [3.63, 3.8) is 0 Å². The van der Waals surface area contributed by atoms with Gasteiger partial charge in [-0.25, -0.2) is 4.98 Å². The molecule has 0 saturated carbocycles. The molecule has 0 saturated heterocycles. The number of hydrogen-bond donors (Lipinski definition) is 0. The fraction of sp³-hybridized carbons (Fsp3) is 0. The van der Waals surface area contributed by atoms with Crippen molar-refractivity contribution < 1.29 is 4.79 Å². The van der Waals surface area contributed by atoms with E-state index < -0.39 is 0 Å². The molecule has 0 N–H and O–H groups in total. The molecule has 0 spiro atoms. The second-order valence-corrected chi connectivity index (χ2v) is 4.15. The third kappa shape index (κ3) is 1.27. The van der Waals surface area contributed by atoms with Gasteiger partial charge in [-0.3, -0.25) is 4.79 Å².